The van der Waals surface area contributed by atoms with Crippen molar-refractivity contribution >= 4 is 5.69 Å². The molecule has 18 heavy (non-hydrogen) atoms. The zero-order valence-electron chi connectivity index (χ0n) is 10.5. The van der Waals surface area contributed by atoms with Crippen LogP contribution in [-0.4, -0.2) is 11.6 Å². The van der Waals surface area contributed by atoms with E-state index in [0.717, 1.165) is 17.1 Å². The molecule has 0 spiro atoms. The molecule has 1 aromatic carbocycles. The van der Waals surface area contributed by atoms with Crippen molar-refractivity contribution < 1.29 is 9.47 Å². The van der Waals surface area contributed by atoms with Crippen LogP contribution in [-0.2, 0) is 0 Å². The Morgan fingerprint density at radius 2 is 1.83 bits per heavy atom. The molecule has 0 fully saturated rings. The van der Waals surface area contributed by atoms with E-state index in [0.29, 0.717) is 18.2 Å². The minimum absolute atomic E-state index is 0.563. The van der Waals surface area contributed by atoms with E-state index in [1.165, 1.54) is 0 Å². The third kappa shape index (κ3) is 2.91. The van der Waals surface area contributed by atoms with E-state index < -0.39 is 0 Å². The summed E-state index contributed by atoms with van der Waals surface area (Å²) in [7, 11) is 0. The van der Waals surface area contributed by atoms with Crippen LogP contribution in [0.5, 0.6) is 17.4 Å². The van der Waals surface area contributed by atoms with Crippen molar-refractivity contribution in [2.24, 2.45) is 0 Å². The van der Waals surface area contributed by atoms with Gasteiger partial charge in [0.1, 0.15) is 11.5 Å². The number of nitrogen functional groups attached to an aromatic ring is 1. The summed E-state index contributed by atoms with van der Waals surface area (Å²) in [5, 5.41) is 0. The van der Waals surface area contributed by atoms with E-state index in [1.54, 1.807) is 6.20 Å². The fourth-order valence-corrected chi connectivity index (χ4v) is 1.57. The largest absolute Gasteiger partial charge is 0.494 e. The van der Waals surface area contributed by atoms with Crippen LogP contribution in [0.3, 0.4) is 0 Å². The Morgan fingerprint density at radius 1 is 1.17 bits per heavy atom. The molecule has 2 rings (SSSR count). The zero-order valence-corrected chi connectivity index (χ0v) is 10.5. The summed E-state index contributed by atoms with van der Waals surface area (Å²) in [6.45, 7) is 4.51. The predicted molar refractivity (Wildman–Crippen MR) is 71.1 cm³/mol. The smallest absolute Gasteiger partial charge is 0.222 e. The molecule has 1 aromatic heterocycles. The van der Waals surface area contributed by atoms with E-state index in [4.69, 9.17) is 15.2 Å². The third-order valence-electron chi connectivity index (χ3n) is 2.40. The van der Waals surface area contributed by atoms with Crippen molar-refractivity contribution in [3.05, 3.63) is 42.1 Å². The van der Waals surface area contributed by atoms with Crippen LogP contribution in [0.4, 0.5) is 5.69 Å². The predicted octanol–water partition coefficient (Wildman–Crippen LogP) is 3.16. The molecule has 0 bridgehead atoms. The van der Waals surface area contributed by atoms with Crippen molar-refractivity contribution in [3.8, 4) is 17.4 Å². The molecule has 2 N–H and O–H groups in total. The van der Waals surface area contributed by atoms with Crippen LogP contribution in [0.1, 0.15) is 12.5 Å². The van der Waals surface area contributed by atoms with Crippen LogP contribution in [0, 0.1) is 6.92 Å². The monoisotopic (exact) mass is 244 g/mol. The van der Waals surface area contributed by atoms with Crippen LogP contribution in [0.15, 0.2) is 36.5 Å². The molecular weight excluding hydrogens is 228 g/mol. The minimum atomic E-state index is 0.563. The molecule has 0 amide bonds. The highest BCUT2D eigenvalue weighted by atomic mass is 16.5. The standard InChI is InChI=1S/C14H16N2O2/c1-3-17-12-4-6-13(7-5-12)18-14-10(2)8-11(15)9-16-14/h4-9H,3,15H2,1-2H3. The van der Waals surface area contributed by atoms with Gasteiger partial charge in [0.05, 0.1) is 18.5 Å². The quantitative estimate of drug-likeness (QED) is 0.897. The van der Waals surface area contributed by atoms with Gasteiger partial charge in [-0.15, -0.1) is 0 Å². The van der Waals surface area contributed by atoms with E-state index in [2.05, 4.69) is 4.98 Å². The first kappa shape index (κ1) is 12.2. The fraction of sp³-hybridized carbons (Fsp3) is 0.214. The zero-order chi connectivity index (χ0) is 13.0. The number of benzene rings is 1. The molecule has 0 aliphatic carbocycles. The third-order valence-corrected chi connectivity index (χ3v) is 2.40. The lowest BCUT2D eigenvalue weighted by Crippen LogP contribution is -1.94. The van der Waals surface area contributed by atoms with Crippen LogP contribution in [0.2, 0.25) is 0 Å². The van der Waals surface area contributed by atoms with Gasteiger partial charge in [-0.05, 0) is 44.2 Å². The Hall–Kier alpha value is -2.23. The number of ether oxygens (including phenoxy) is 2. The number of aromatic nitrogens is 1. The molecule has 4 heteroatoms. The minimum Gasteiger partial charge on any atom is -0.494 e. The first-order chi connectivity index (χ1) is 8.69. The second-order valence-corrected chi connectivity index (χ2v) is 3.90. The maximum Gasteiger partial charge on any atom is 0.222 e. The summed E-state index contributed by atoms with van der Waals surface area (Å²) in [6.07, 6.45) is 1.58. The van der Waals surface area contributed by atoms with Gasteiger partial charge in [-0.2, -0.15) is 0 Å². The molecule has 4 nitrogen and oxygen atoms in total. The Bertz CT molecular complexity index is 524. The number of hydrogen-bond donors (Lipinski definition) is 1. The molecule has 0 aliphatic heterocycles. The molecule has 1 heterocycles. The van der Waals surface area contributed by atoms with E-state index >= 15 is 0 Å². The van der Waals surface area contributed by atoms with Gasteiger partial charge in [0.2, 0.25) is 5.88 Å². The van der Waals surface area contributed by atoms with Gasteiger partial charge >= 0.3 is 0 Å². The number of anilines is 1. The second-order valence-electron chi connectivity index (χ2n) is 3.90. The van der Waals surface area contributed by atoms with E-state index in [-0.39, 0.29) is 0 Å². The van der Waals surface area contributed by atoms with Crippen molar-refractivity contribution in [1.29, 1.82) is 0 Å². The highest BCUT2D eigenvalue weighted by molar-refractivity contribution is 5.43. The average Bonchev–Trinajstić information content (AvgIpc) is 2.35. The molecule has 0 radical (unpaired) electrons. The molecule has 0 atom stereocenters. The van der Waals surface area contributed by atoms with Gasteiger partial charge in [0.15, 0.2) is 0 Å². The van der Waals surface area contributed by atoms with E-state index in [1.807, 2.05) is 44.2 Å². The van der Waals surface area contributed by atoms with Crippen molar-refractivity contribution in [3.63, 3.8) is 0 Å². The summed E-state index contributed by atoms with van der Waals surface area (Å²) in [6, 6.07) is 9.26. The second kappa shape index (κ2) is 5.40. The average molecular weight is 244 g/mol. The maximum atomic E-state index is 5.68. The highest BCUT2D eigenvalue weighted by Crippen LogP contribution is 2.25. The summed E-state index contributed by atoms with van der Waals surface area (Å²) in [4.78, 5) is 4.15. The molecule has 2 aromatic rings. The van der Waals surface area contributed by atoms with Crippen LogP contribution >= 0.6 is 0 Å². The van der Waals surface area contributed by atoms with Crippen LogP contribution in [0.25, 0.3) is 0 Å². The van der Waals surface area contributed by atoms with Gasteiger partial charge in [-0.1, -0.05) is 0 Å². The number of hydrogen-bond acceptors (Lipinski definition) is 4. The Kier molecular flexibility index (Phi) is 3.67. The lowest BCUT2D eigenvalue weighted by molar-refractivity contribution is 0.339. The lowest BCUT2D eigenvalue weighted by Gasteiger charge is -2.08. The Labute approximate surface area is 106 Å². The summed E-state index contributed by atoms with van der Waals surface area (Å²) in [5.74, 6) is 2.11. The summed E-state index contributed by atoms with van der Waals surface area (Å²) in [5.41, 5.74) is 7.18. The van der Waals surface area contributed by atoms with Crippen LogP contribution < -0.4 is 15.2 Å². The van der Waals surface area contributed by atoms with Gasteiger partial charge in [0.25, 0.3) is 0 Å². The number of rotatable bonds is 4. The highest BCUT2D eigenvalue weighted by Gasteiger charge is 2.03. The van der Waals surface area contributed by atoms with Gasteiger partial charge in [0, 0.05) is 5.56 Å². The number of pyridine rings is 1. The van der Waals surface area contributed by atoms with Gasteiger partial charge < -0.3 is 15.2 Å². The first-order valence-corrected chi connectivity index (χ1v) is 5.82. The maximum absolute atomic E-state index is 5.68. The molecule has 0 saturated heterocycles. The number of nitrogens with two attached hydrogens (primary N) is 1. The fourth-order valence-electron chi connectivity index (χ4n) is 1.57. The van der Waals surface area contributed by atoms with Gasteiger partial charge in [-0.3, -0.25) is 0 Å². The molecule has 0 unspecified atom stereocenters. The molecule has 0 aliphatic rings. The molecular formula is C14H16N2O2. The SMILES string of the molecule is CCOc1ccc(Oc2ncc(N)cc2C)cc1. The Morgan fingerprint density at radius 3 is 2.44 bits per heavy atom. The summed E-state index contributed by atoms with van der Waals surface area (Å²) < 4.78 is 11.0. The summed E-state index contributed by atoms with van der Waals surface area (Å²) >= 11 is 0. The van der Waals surface area contributed by atoms with Gasteiger partial charge in [-0.25, -0.2) is 4.98 Å². The molecule has 94 valence electrons. The topological polar surface area (TPSA) is 57.4 Å². The Balaban J connectivity index is 2.13. The van der Waals surface area contributed by atoms with Crippen molar-refractivity contribution in [2.45, 2.75) is 13.8 Å². The van der Waals surface area contributed by atoms with E-state index in [9.17, 15) is 0 Å². The lowest BCUT2D eigenvalue weighted by atomic mass is 10.3. The number of nitrogens with zero attached hydrogens (tertiary/aromatic N) is 1. The number of aryl methyl sites for hydroxylation is 1. The molecule has 0 saturated carbocycles. The normalized spacial score (nSPS) is 10.1. The first-order valence-electron chi connectivity index (χ1n) is 5.82. The van der Waals surface area contributed by atoms with Crippen molar-refractivity contribution in [2.75, 3.05) is 12.3 Å². The van der Waals surface area contributed by atoms with Crippen molar-refractivity contribution in [1.82, 2.24) is 4.98 Å².